The Labute approximate surface area is 140 Å². The molecule has 1 saturated carbocycles. The van der Waals surface area contributed by atoms with Crippen LogP contribution in [0.25, 0.3) is 0 Å². The summed E-state index contributed by atoms with van der Waals surface area (Å²) in [6.45, 7) is 10.4. The lowest BCUT2D eigenvalue weighted by molar-refractivity contribution is 0.171. The summed E-state index contributed by atoms with van der Waals surface area (Å²) < 4.78 is 1.98. The Bertz CT molecular complexity index is 538. The molecule has 1 fully saturated rings. The molecule has 1 heterocycles. The number of urea groups is 1. The molecule has 2 rings (SSSR count). The van der Waals surface area contributed by atoms with Crippen LogP contribution >= 0.6 is 0 Å². The van der Waals surface area contributed by atoms with Crippen molar-refractivity contribution in [3.63, 3.8) is 0 Å². The number of carbonyl (C=O) groups is 1. The third-order valence-electron chi connectivity index (χ3n) is 4.87. The maximum Gasteiger partial charge on any atom is 0.317 e. The first kappa shape index (κ1) is 17.8. The van der Waals surface area contributed by atoms with Crippen LogP contribution in [0.3, 0.4) is 0 Å². The number of hydrogen-bond donors (Lipinski definition) is 1. The fourth-order valence-corrected chi connectivity index (χ4v) is 3.24. The smallest absolute Gasteiger partial charge is 0.317 e. The van der Waals surface area contributed by atoms with Crippen LogP contribution in [0.15, 0.2) is 6.20 Å². The second-order valence-electron chi connectivity index (χ2n) is 7.86. The van der Waals surface area contributed by atoms with Gasteiger partial charge in [0.15, 0.2) is 0 Å². The SMILES string of the molecule is Cc1nn(C(C)(C)C)cc1[C@@H](C)NC(=O)N(C)C1CCCCC1. The standard InChI is InChI=1S/C18H32N4O/c1-13(16-12-22(18(3,4)5)20-14(16)2)19-17(23)21(6)15-10-8-7-9-11-15/h12-13,15H,7-11H2,1-6H3,(H,19,23)/t13-/m1/s1. The minimum Gasteiger partial charge on any atom is -0.331 e. The molecule has 23 heavy (non-hydrogen) atoms. The van der Waals surface area contributed by atoms with E-state index in [4.69, 9.17) is 0 Å². The van der Waals surface area contributed by atoms with Gasteiger partial charge in [-0.1, -0.05) is 19.3 Å². The van der Waals surface area contributed by atoms with E-state index < -0.39 is 0 Å². The Morgan fingerprint density at radius 3 is 2.48 bits per heavy atom. The molecule has 1 aliphatic carbocycles. The molecular formula is C18H32N4O. The monoisotopic (exact) mass is 320 g/mol. The number of hydrogen-bond acceptors (Lipinski definition) is 2. The molecule has 5 heteroatoms. The Balaban J connectivity index is 2.02. The topological polar surface area (TPSA) is 50.2 Å². The van der Waals surface area contributed by atoms with E-state index in [1.807, 2.05) is 30.5 Å². The van der Waals surface area contributed by atoms with Crippen molar-refractivity contribution >= 4 is 6.03 Å². The van der Waals surface area contributed by atoms with E-state index in [1.54, 1.807) is 0 Å². The van der Waals surface area contributed by atoms with Gasteiger partial charge in [-0.05, 0) is 47.5 Å². The number of amides is 2. The fourth-order valence-electron chi connectivity index (χ4n) is 3.24. The number of nitrogens with zero attached hydrogens (tertiary/aromatic N) is 3. The van der Waals surface area contributed by atoms with Crippen molar-refractivity contribution < 1.29 is 4.79 Å². The molecular weight excluding hydrogens is 288 g/mol. The molecule has 1 aliphatic rings. The Morgan fingerprint density at radius 1 is 1.35 bits per heavy atom. The van der Waals surface area contributed by atoms with E-state index in [1.165, 1.54) is 19.3 Å². The van der Waals surface area contributed by atoms with E-state index in [9.17, 15) is 4.79 Å². The fraction of sp³-hybridized carbons (Fsp3) is 0.778. The first-order chi connectivity index (χ1) is 10.7. The average molecular weight is 320 g/mol. The van der Waals surface area contributed by atoms with E-state index in [0.29, 0.717) is 6.04 Å². The predicted octanol–water partition coefficient (Wildman–Crippen LogP) is 3.98. The van der Waals surface area contributed by atoms with Crippen molar-refractivity contribution in [1.29, 1.82) is 0 Å². The zero-order valence-corrected chi connectivity index (χ0v) is 15.5. The van der Waals surface area contributed by atoms with E-state index in [0.717, 1.165) is 24.1 Å². The van der Waals surface area contributed by atoms with Crippen LogP contribution in [-0.2, 0) is 5.54 Å². The lowest BCUT2D eigenvalue weighted by atomic mass is 9.95. The molecule has 130 valence electrons. The molecule has 0 bridgehead atoms. The largest absolute Gasteiger partial charge is 0.331 e. The van der Waals surface area contributed by atoms with Gasteiger partial charge in [0.1, 0.15) is 0 Å². The molecule has 0 unspecified atom stereocenters. The van der Waals surface area contributed by atoms with Crippen molar-refractivity contribution in [2.45, 2.75) is 84.3 Å². The lowest BCUT2D eigenvalue weighted by Crippen LogP contribution is -2.45. The van der Waals surface area contributed by atoms with Gasteiger partial charge >= 0.3 is 6.03 Å². The van der Waals surface area contributed by atoms with Crippen LogP contribution in [-0.4, -0.2) is 33.8 Å². The van der Waals surface area contributed by atoms with Gasteiger partial charge in [-0.3, -0.25) is 4.68 Å². The van der Waals surface area contributed by atoms with E-state index in [2.05, 4.69) is 37.4 Å². The minimum atomic E-state index is -0.0500. The number of aromatic nitrogens is 2. The van der Waals surface area contributed by atoms with Gasteiger partial charge in [-0.2, -0.15) is 5.10 Å². The first-order valence-corrected chi connectivity index (χ1v) is 8.80. The third kappa shape index (κ3) is 4.27. The van der Waals surface area contributed by atoms with Crippen LogP contribution in [0.5, 0.6) is 0 Å². The summed E-state index contributed by atoms with van der Waals surface area (Å²) in [6.07, 6.45) is 8.07. The van der Waals surface area contributed by atoms with Crippen molar-refractivity contribution in [1.82, 2.24) is 20.0 Å². The zero-order valence-electron chi connectivity index (χ0n) is 15.5. The second kappa shape index (κ2) is 6.93. The van der Waals surface area contributed by atoms with Crippen LogP contribution in [0.1, 0.15) is 77.1 Å². The van der Waals surface area contributed by atoms with Gasteiger partial charge in [-0.15, -0.1) is 0 Å². The van der Waals surface area contributed by atoms with Crippen molar-refractivity contribution in [2.24, 2.45) is 0 Å². The summed E-state index contributed by atoms with van der Waals surface area (Å²) in [6, 6.07) is 0.367. The molecule has 2 amide bonds. The van der Waals surface area contributed by atoms with E-state index in [-0.39, 0.29) is 17.6 Å². The number of nitrogens with one attached hydrogen (secondary N) is 1. The summed E-state index contributed by atoms with van der Waals surface area (Å²) >= 11 is 0. The molecule has 1 atom stereocenters. The summed E-state index contributed by atoms with van der Waals surface area (Å²) in [4.78, 5) is 14.4. The maximum absolute atomic E-state index is 12.5. The summed E-state index contributed by atoms with van der Waals surface area (Å²) in [5.41, 5.74) is 2.02. The first-order valence-electron chi connectivity index (χ1n) is 8.80. The second-order valence-corrected chi connectivity index (χ2v) is 7.86. The zero-order chi connectivity index (χ0) is 17.2. The average Bonchev–Trinajstić information content (AvgIpc) is 2.89. The normalized spacial score (nSPS) is 17.8. The highest BCUT2D eigenvalue weighted by Gasteiger charge is 2.25. The molecule has 0 spiro atoms. The van der Waals surface area contributed by atoms with Crippen molar-refractivity contribution in [2.75, 3.05) is 7.05 Å². The van der Waals surface area contributed by atoms with Crippen molar-refractivity contribution in [3.8, 4) is 0 Å². The number of aryl methyl sites for hydroxylation is 1. The minimum absolute atomic E-state index is 0.0207. The molecule has 1 aromatic heterocycles. The maximum atomic E-state index is 12.5. The Hall–Kier alpha value is -1.52. The molecule has 0 saturated heterocycles. The van der Waals surface area contributed by atoms with Gasteiger partial charge in [0, 0.05) is 24.8 Å². The molecule has 1 N–H and O–H groups in total. The van der Waals surface area contributed by atoms with Gasteiger partial charge in [0.05, 0.1) is 17.3 Å². The van der Waals surface area contributed by atoms with Crippen LogP contribution < -0.4 is 5.32 Å². The van der Waals surface area contributed by atoms with Crippen LogP contribution in [0.4, 0.5) is 4.79 Å². The van der Waals surface area contributed by atoms with Gasteiger partial charge in [-0.25, -0.2) is 4.79 Å². The van der Waals surface area contributed by atoms with Gasteiger partial charge in [0.2, 0.25) is 0 Å². The number of rotatable bonds is 3. The Kier molecular flexibility index (Phi) is 5.37. The molecule has 0 radical (unpaired) electrons. The van der Waals surface area contributed by atoms with Crippen LogP contribution in [0, 0.1) is 6.92 Å². The van der Waals surface area contributed by atoms with E-state index >= 15 is 0 Å². The quantitative estimate of drug-likeness (QED) is 0.915. The van der Waals surface area contributed by atoms with Crippen LogP contribution in [0.2, 0.25) is 0 Å². The molecule has 0 aliphatic heterocycles. The Morgan fingerprint density at radius 2 is 1.96 bits per heavy atom. The predicted molar refractivity (Wildman–Crippen MR) is 93.5 cm³/mol. The molecule has 5 nitrogen and oxygen atoms in total. The highest BCUT2D eigenvalue weighted by Crippen LogP contribution is 2.24. The summed E-state index contributed by atoms with van der Waals surface area (Å²) in [5, 5.41) is 7.73. The van der Waals surface area contributed by atoms with Gasteiger partial charge < -0.3 is 10.2 Å². The molecule has 0 aromatic carbocycles. The molecule has 1 aromatic rings. The van der Waals surface area contributed by atoms with Gasteiger partial charge in [0.25, 0.3) is 0 Å². The third-order valence-corrected chi connectivity index (χ3v) is 4.87. The number of carbonyl (C=O) groups excluding carboxylic acids is 1. The summed E-state index contributed by atoms with van der Waals surface area (Å²) in [7, 11) is 1.92. The highest BCUT2D eigenvalue weighted by atomic mass is 16.2. The summed E-state index contributed by atoms with van der Waals surface area (Å²) in [5.74, 6) is 0. The lowest BCUT2D eigenvalue weighted by Gasteiger charge is -2.32. The highest BCUT2D eigenvalue weighted by molar-refractivity contribution is 5.74. The van der Waals surface area contributed by atoms with Crippen molar-refractivity contribution in [3.05, 3.63) is 17.5 Å².